The predicted molar refractivity (Wildman–Crippen MR) is 64.8 cm³/mol. The molecular weight excluding hydrogens is 246 g/mol. The summed E-state index contributed by atoms with van der Waals surface area (Å²) >= 11 is 5.72. The first-order valence-electron chi connectivity index (χ1n) is 4.64. The normalized spacial score (nSPS) is 10.3. The zero-order chi connectivity index (χ0) is 12.7. The number of anilines is 1. The second kappa shape index (κ2) is 6.72. The van der Waals surface area contributed by atoms with Gasteiger partial charge in [0.25, 0.3) is 0 Å². The van der Waals surface area contributed by atoms with Gasteiger partial charge in [0.1, 0.15) is 7.11 Å². The lowest BCUT2D eigenvalue weighted by atomic mass is 10.3. The van der Waals surface area contributed by atoms with E-state index in [9.17, 15) is 4.79 Å². The van der Waals surface area contributed by atoms with Crippen molar-refractivity contribution in [2.75, 3.05) is 19.5 Å². The van der Waals surface area contributed by atoms with Crippen LogP contribution in [0.1, 0.15) is 0 Å². The largest absolute Gasteiger partial charge is 0.398 e. The molecule has 0 aliphatic rings. The maximum absolute atomic E-state index is 11.6. The Hall–Kier alpha value is -1.79. The molecule has 7 heteroatoms. The van der Waals surface area contributed by atoms with Crippen LogP contribution in [-0.2, 0) is 9.68 Å². The van der Waals surface area contributed by atoms with Crippen molar-refractivity contribution in [2.45, 2.75) is 0 Å². The van der Waals surface area contributed by atoms with Gasteiger partial charge < -0.3 is 10.2 Å². The molecule has 0 radical (unpaired) electrons. The van der Waals surface area contributed by atoms with Gasteiger partial charge in [0.05, 0.1) is 7.11 Å². The minimum Gasteiger partial charge on any atom is -0.398 e. The van der Waals surface area contributed by atoms with Crippen LogP contribution in [0.4, 0.5) is 10.5 Å². The summed E-state index contributed by atoms with van der Waals surface area (Å²) < 4.78 is 0. The number of urea groups is 1. The van der Waals surface area contributed by atoms with Crippen molar-refractivity contribution in [2.24, 2.45) is 5.16 Å². The van der Waals surface area contributed by atoms with Crippen LogP contribution < -0.4 is 5.32 Å². The minimum absolute atomic E-state index is 0.504. The van der Waals surface area contributed by atoms with E-state index in [1.807, 2.05) is 0 Å². The van der Waals surface area contributed by atoms with Gasteiger partial charge in [-0.3, -0.25) is 4.84 Å². The molecule has 2 amide bonds. The molecule has 1 aromatic rings. The van der Waals surface area contributed by atoms with E-state index in [1.165, 1.54) is 14.2 Å². The number of carbonyl (C=O) groups is 1. The number of hydroxylamine groups is 2. The van der Waals surface area contributed by atoms with E-state index in [1.54, 1.807) is 24.3 Å². The van der Waals surface area contributed by atoms with E-state index in [4.69, 9.17) is 16.4 Å². The zero-order valence-corrected chi connectivity index (χ0v) is 10.1. The highest BCUT2D eigenvalue weighted by atomic mass is 35.5. The average Bonchev–Trinajstić information content (AvgIpc) is 2.33. The lowest BCUT2D eigenvalue weighted by molar-refractivity contribution is -0.0176. The molecule has 0 bridgehead atoms. The van der Waals surface area contributed by atoms with Crippen LogP contribution in [0.15, 0.2) is 29.4 Å². The van der Waals surface area contributed by atoms with Gasteiger partial charge in [-0.1, -0.05) is 16.8 Å². The second-order valence-corrected chi connectivity index (χ2v) is 3.29. The summed E-state index contributed by atoms with van der Waals surface area (Å²) in [5, 5.41) is 7.48. The van der Waals surface area contributed by atoms with Crippen LogP contribution >= 0.6 is 11.6 Å². The number of carbonyl (C=O) groups excluding carboxylic acids is 1. The highest BCUT2D eigenvalue weighted by molar-refractivity contribution is 6.30. The Kier molecular flexibility index (Phi) is 5.25. The summed E-state index contributed by atoms with van der Waals surface area (Å²) in [5.74, 6) is 0. The number of hydrogen-bond donors (Lipinski definition) is 1. The smallest absolute Gasteiger partial charge is 0.351 e. The molecule has 17 heavy (non-hydrogen) atoms. The number of hydrogen-bond acceptors (Lipinski definition) is 4. The van der Waals surface area contributed by atoms with Crippen molar-refractivity contribution in [3.05, 3.63) is 29.3 Å². The molecule has 0 saturated heterocycles. The van der Waals surface area contributed by atoms with Crippen molar-refractivity contribution in [1.82, 2.24) is 5.06 Å². The Morgan fingerprint density at radius 1 is 1.41 bits per heavy atom. The Morgan fingerprint density at radius 3 is 2.59 bits per heavy atom. The van der Waals surface area contributed by atoms with E-state index < -0.39 is 6.03 Å². The molecule has 0 atom stereocenters. The quantitative estimate of drug-likeness (QED) is 0.511. The highest BCUT2D eigenvalue weighted by Gasteiger charge is 2.10. The van der Waals surface area contributed by atoms with Crippen molar-refractivity contribution in [3.8, 4) is 0 Å². The summed E-state index contributed by atoms with van der Waals surface area (Å²) in [5.41, 5.74) is 0.590. The Morgan fingerprint density at radius 2 is 2.06 bits per heavy atom. The Labute approximate surface area is 104 Å². The van der Waals surface area contributed by atoms with Crippen LogP contribution in [0.25, 0.3) is 0 Å². The van der Waals surface area contributed by atoms with Crippen LogP contribution in [-0.4, -0.2) is 31.7 Å². The Bertz CT molecular complexity index is 394. The molecule has 0 saturated carbocycles. The number of amides is 2. The fourth-order valence-corrected chi connectivity index (χ4v) is 1.11. The minimum atomic E-state index is -0.504. The van der Waals surface area contributed by atoms with E-state index in [2.05, 4.69) is 15.3 Å². The van der Waals surface area contributed by atoms with Gasteiger partial charge in [-0.15, -0.1) is 0 Å². The maximum Gasteiger partial charge on any atom is 0.351 e. The highest BCUT2D eigenvalue weighted by Crippen LogP contribution is 2.13. The monoisotopic (exact) mass is 257 g/mol. The van der Waals surface area contributed by atoms with Gasteiger partial charge in [-0.2, -0.15) is 5.06 Å². The zero-order valence-electron chi connectivity index (χ0n) is 9.38. The molecule has 1 aromatic carbocycles. The summed E-state index contributed by atoms with van der Waals surface area (Å²) in [6, 6.07) is 6.16. The predicted octanol–water partition coefficient (Wildman–Crippen LogP) is 2.33. The number of rotatable bonds is 4. The van der Waals surface area contributed by atoms with E-state index >= 15 is 0 Å². The van der Waals surface area contributed by atoms with E-state index in [-0.39, 0.29) is 0 Å². The number of nitrogens with zero attached hydrogens (tertiary/aromatic N) is 2. The van der Waals surface area contributed by atoms with Gasteiger partial charge in [0.2, 0.25) is 0 Å². The van der Waals surface area contributed by atoms with Crippen molar-refractivity contribution >= 4 is 29.7 Å². The molecule has 6 nitrogen and oxygen atoms in total. The molecule has 0 unspecified atom stereocenters. The first-order valence-corrected chi connectivity index (χ1v) is 5.01. The molecule has 0 aliphatic carbocycles. The first-order chi connectivity index (χ1) is 8.17. The summed E-state index contributed by atoms with van der Waals surface area (Å²) in [6.07, 6.45) is 1.10. The average molecular weight is 258 g/mol. The van der Waals surface area contributed by atoms with Crippen LogP contribution in [0.5, 0.6) is 0 Å². The molecule has 0 aliphatic heterocycles. The molecule has 0 heterocycles. The van der Waals surface area contributed by atoms with E-state index in [0.29, 0.717) is 10.7 Å². The number of oxime groups is 1. The van der Waals surface area contributed by atoms with Crippen LogP contribution in [0.2, 0.25) is 5.02 Å². The van der Waals surface area contributed by atoms with Gasteiger partial charge >= 0.3 is 6.03 Å². The van der Waals surface area contributed by atoms with Crippen LogP contribution in [0, 0.1) is 0 Å². The third kappa shape index (κ3) is 4.29. The fraction of sp³-hybridized carbons (Fsp3) is 0.200. The Balaban J connectivity index is 2.63. The molecule has 1 N–H and O–H groups in total. The van der Waals surface area contributed by atoms with E-state index in [0.717, 1.165) is 11.4 Å². The van der Waals surface area contributed by atoms with Crippen molar-refractivity contribution in [3.63, 3.8) is 0 Å². The molecule has 1 rings (SSSR count). The molecule has 0 spiro atoms. The van der Waals surface area contributed by atoms with Gasteiger partial charge in [0.15, 0.2) is 6.34 Å². The number of halogens is 1. The molecule has 0 aromatic heterocycles. The van der Waals surface area contributed by atoms with Gasteiger partial charge in [-0.25, -0.2) is 4.79 Å². The van der Waals surface area contributed by atoms with Crippen molar-refractivity contribution < 1.29 is 14.5 Å². The molecular formula is C10H12ClN3O3. The van der Waals surface area contributed by atoms with Crippen molar-refractivity contribution in [1.29, 1.82) is 0 Å². The molecule has 0 fully saturated rings. The SMILES string of the molecule is CON=CN(OC)C(=O)Nc1ccc(Cl)cc1. The van der Waals surface area contributed by atoms with Gasteiger partial charge in [0, 0.05) is 10.7 Å². The summed E-state index contributed by atoms with van der Waals surface area (Å²) in [6.45, 7) is 0. The lowest BCUT2D eigenvalue weighted by Gasteiger charge is -2.14. The first kappa shape index (κ1) is 13.3. The number of nitrogens with one attached hydrogen (secondary N) is 1. The summed E-state index contributed by atoms with van der Waals surface area (Å²) in [4.78, 5) is 20.9. The fourth-order valence-electron chi connectivity index (χ4n) is 0.984. The molecule has 92 valence electrons. The standard InChI is InChI=1S/C10H12ClN3O3/c1-16-12-7-14(17-2)10(15)13-9-5-3-8(11)4-6-9/h3-7H,1-2H3,(H,13,15). The number of benzene rings is 1. The third-order valence-corrected chi connectivity index (χ3v) is 2.00. The third-order valence-electron chi connectivity index (χ3n) is 1.75. The second-order valence-electron chi connectivity index (χ2n) is 2.85. The topological polar surface area (TPSA) is 63.2 Å². The lowest BCUT2D eigenvalue weighted by Crippen LogP contribution is -2.32. The van der Waals surface area contributed by atoms with Crippen LogP contribution in [0.3, 0.4) is 0 Å². The van der Waals surface area contributed by atoms with Gasteiger partial charge in [-0.05, 0) is 24.3 Å². The summed E-state index contributed by atoms with van der Waals surface area (Å²) in [7, 11) is 2.70. The maximum atomic E-state index is 11.6.